The molecule has 2 aliphatic heterocycles. The lowest BCUT2D eigenvalue weighted by atomic mass is 10.1. The number of hydrogen-bond donors (Lipinski definition) is 1. The van der Waals surface area contributed by atoms with Crippen molar-refractivity contribution < 1.29 is 0 Å². The van der Waals surface area contributed by atoms with Gasteiger partial charge in [-0.2, -0.15) is 0 Å². The first-order valence-electron chi connectivity index (χ1n) is 11.8. The fourth-order valence-electron chi connectivity index (χ4n) is 5.42. The Bertz CT molecular complexity index is 1290. The molecule has 2 aromatic heterocycles. The number of para-hydroxylation sites is 1. The monoisotopic (exact) mass is 435 g/mol. The average molecular weight is 436 g/mol. The molecule has 6 rings (SSSR count). The fraction of sp³-hybridized carbons (Fsp3) is 0.286. The number of benzene rings is 2. The molecule has 0 amide bonds. The highest BCUT2D eigenvalue weighted by molar-refractivity contribution is 5.94. The van der Waals surface area contributed by atoms with Gasteiger partial charge < -0.3 is 10.2 Å². The Morgan fingerprint density at radius 1 is 0.939 bits per heavy atom. The third-order valence-corrected chi connectivity index (χ3v) is 7.24. The molecule has 2 bridgehead atoms. The van der Waals surface area contributed by atoms with Gasteiger partial charge in [0.25, 0.3) is 0 Å². The Hall–Kier alpha value is -3.44. The molecule has 4 aromatic rings. The number of anilines is 2. The summed E-state index contributed by atoms with van der Waals surface area (Å²) in [5.74, 6) is 0.863. The van der Waals surface area contributed by atoms with E-state index in [4.69, 9.17) is 4.98 Å². The summed E-state index contributed by atoms with van der Waals surface area (Å²) >= 11 is 0. The van der Waals surface area contributed by atoms with Crippen LogP contribution < -0.4 is 10.2 Å². The van der Waals surface area contributed by atoms with E-state index in [0.29, 0.717) is 12.1 Å². The third kappa shape index (κ3) is 3.72. The summed E-state index contributed by atoms with van der Waals surface area (Å²) in [5.41, 5.74) is 5.68. The summed E-state index contributed by atoms with van der Waals surface area (Å²) in [6.45, 7) is 4.39. The summed E-state index contributed by atoms with van der Waals surface area (Å²) in [4.78, 5) is 14.7. The standard InChI is InChI=1S/C28H29N5/c1-19(20-8-4-3-5-9-20)30-28-14-21(12-13-29-28)26-16-27(24-10-6-7-11-25(24)31-26)33-18-22-15-23(33)17-32(22)2/h3-14,16,19,22-23H,15,17-18H2,1-2H3,(H,29,30)/t19-,22?,23?/m0/s1. The molecule has 2 unspecified atom stereocenters. The van der Waals surface area contributed by atoms with Crippen molar-refractivity contribution in [2.75, 3.05) is 30.4 Å². The first kappa shape index (κ1) is 20.2. The molecule has 5 heteroatoms. The molecule has 0 radical (unpaired) electrons. The number of rotatable bonds is 5. The van der Waals surface area contributed by atoms with Crippen LogP contribution in [-0.2, 0) is 0 Å². The third-order valence-electron chi connectivity index (χ3n) is 7.24. The van der Waals surface area contributed by atoms with Gasteiger partial charge in [0.05, 0.1) is 11.2 Å². The van der Waals surface area contributed by atoms with E-state index in [9.17, 15) is 0 Å². The maximum atomic E-state index is 5.04. The Morgan fingerprint density at radius 2 is 1.76 bits per heavy atom. The molecular formula is C28H29N5. The highest BCUT2D eigenvalue weighted by atomic mass is 15.3. The van der Waals surface area contributed by atoms with Crippen molar-refractivity contribution in [1.82, 2.24) is 14.9 Å². The van der Waals surface area contributed by atoms with Crippen molar-refractivity contribution in [1.29, 1.82) is 0 Å². The topological polar surface area (TPSA) is 44.3 Å². The molecule has 1 N–H and O–H groups in total. The van der Waals surface area contributed by atoms with Crippen molar-refractivity contribution in [3.05, 3.63) is 84.6 Å². The lowest BCUT2D eigenvalue weighted by Crippen LogP contribution is -2.44. The Morgan fingerprint density at radius 3 is 2.55 bits per heavy atom. The van der Waals surface area contributed by atoms with Crippen molar-refractivity contribution in [2.24, 2.45) is 0 Å². The zero-order chi connectivity index (χ0) is 22.4. The molecule has 0 spiro atoms. The van der Waals surface area contributed by atoms with E-state index in [1.54, 1.807) is 0 Å². The minimum atomic E-state index is 0.172. The molecule has 2 aliphatic rings. The summed E-state index contributed by atoms with van der Waals surface area (Å²) in [6, 6.07) is 26.9. The first-order chi connectivity index (χ1) is 16.2. The number of nitrogens with zero attached hydrogens (tertiary/aromatic N) is 4. The van der Waals surface area contributed by atoms with Gasteiger partial charge in [0.1, 0.15) is 5.82 Å². The van der Waals surface area contributed by atoms with E-state index in [-0.39, 0.29) is 6.04 Å². The normalized spacial score (nSPS) is 21.0. The summed E-state index contributed by atoms with van der Waals surface area (Å²) < 4.78 is 0. The van der Waals surface area contributed by atoms with Crippen LogP contribution in [0.5, 0.6) is 0 Å². The van der Waals surface area contributed by atoms with Gasteiger partial charge in [0.15, 0.2) is 0 Å². The van der Waals surface area contributed by atoms with E-state index in [1.807, 2.05) is 12.3 Å². The molecular weight excluding hydrogens is 406 g/mol. The van der Waals surface area contributed by atoms with Crippen LogP contribution in [0, 0.1) is 0 Å². The average Bonchev–Trinajstić information content (AvgIpc) is 3.44. The predicted molar refractivity (Wildman–Crippen MR) is 136 cm³/mol. The number of aromatic nitrogens is 2. The molecule has 2 fully saturated rings. The minimum absolute atomic E-state index is 0.172. The van der Waals surface area contributed by atoms with Crippen LogP contribution in [0.1, 0.15) is 24.9 Å². The predicted octanol–water partition coefficient (Wildman–Crippen LogP) is 5.36. The van der Waals surface area contributed by atoms with Gasteiger partial charge in [-0.1, -0.05) is 48.5 Å². The second-order valence-corrected chi connectivity index (χ2v) is 9.39. The molecule has 5 nitrogen and oxygen atoms in total. The van der Waals surface area contributed by atoms with Crippen molar-refractivity contribution in [3.63, 3.8) is 0 Å². The molecule has 166 valence electrons. The van der Waals surface area contributed by atoms with Gasteiger partial charge in [-0.05, 0) is 50.2 Å². The van der Waals surface area contributed by atoms with E-state index < -0.39 is 0 Å². The second-order valence-electron chi connectivity index (χ2n) is 9.39. The van der Waals surface area contributed by atoms with Gasteiger partial charge >= 0.3 is 0 Å². The van der Waals surface area contributed by atoms with Gasteiger partial charge in [0, 0.05) is 54.0 Å². The van der Waals surface area contributed by atoms with Crippen LogP contribution in [0.15, 0.2) is 79.0 Å². The Kier molecular flexibility index (Phi) is 4.99. The largest absolute Gasteiger partial charge is 0.365 e. The number of hydrogen-bond acceptors (Lipinski definition) is 5. The minimum Gasteiger partial charge on any atom is -0.365 e. The van der Waals surface area contributed by atoms with Crippen LogP contribution in [0.2, 0.25) is 0 Å². The smallest absolute Gasteiger partial charge is 0.127 e. The molecule has 0 aliphatic carbocycles. The fourth-order valence-corrected chi connectivity index (χ4v) is 5.42. The molecule has 0 saturated carbocycles. The SMILES string of the molecule is C[C@H](Nc1cc(-c2cc(N3CC4CC3CN4C)c3ccccc3n2)ccn1)c1ccccc1. The van der Waals surface area contributed by atoms with Crippen molar-refractivity contribution in [2.45, 2.75) is 31.5 Å². The zero-order valence-electron chi connectivity index (χ0n) is 19.1. The van der Waals surface area contributed by atoms with E-state index in [1.165, 1.54) is 23.1 Å². The summed E-state index contributed by atoms with van der Waals surface area (Å²) in [7, 11) is 2.25. The lowest BCUT2D eigenvalue weighted by molar-refractivity contribution is 0.293. The highest BCUT2D eigenvalue weighted by Gasteiger charge is 2.42. The molecule has 4 heterocycles. The van der Waals surface area contributed by atoms with E-state index >= 15 is 0 Å². The Labute approximate surface area is 195 Å². The summed E-state index contributed by atoms with van der Waals surface area (Å²) in [5, 5.41) is 4.78. The summed E-state index contributed by atoms with van der Waals surface area (Å²) in [6.07, 6.45) is 3.13. The van der Waals surface area contributed by atoms with E-state index in [2.05, 4.69) is 101 Å². The number of likely N-dealkylation sites (tertiary alicyclic amines) is 1. The van der Waals surface area contributed by atoms with Crippen LogP contribution in [0.25, 0.3) is 22.2 Å². The van der Waals surface area contributed by atoms with Crippen LogP contribution >= 0.6 is 0 Å². The maximum Gasteiger partial charge on any atom is 0.127 e. The van der Waals surface area contributed by atoms with Crippen LogP contribution in [0.4, 0.5) is 11.5 Å². The number of fused-ring (bicyclic) bond motifs is 3. The molecule has 33 heavy (non-hydrogen) atoms. The molecule has 3 atom stereocenters. The number of pyridine rings is 2. The van der Waals surface area contributed by atoms with Crippen molar-refractivity contribution in [3.8, 4) is 11.3 Å². The lowest BCUT2D eigenvalue weighted by Gasteiger charge is -2.34. The maximum absolute atomic E-state index is 5.04. The van der Waals surface area contributed by atoms with Gasteiger partial charge in [-0.15, -0.1) is 0 Å². The Balaban J connectivity index is 1.36. The van der Waals surface area contributed by atoms with Crippen molar-refractivity contribution >= 4 is 22.4 Å². The molecule has 2 saturated heterocycles. The quantitative estimate of drug-likeness (QED) is 0.457. The van der Waals surface area contributed by atoms with E-state index in [0.717, 1.165) is 35.7 Å². The molecule has 2 aromatic carbocycles. The van der Waals surface area contributed by atoms with Gasteiger partial charge in [-0.3, -0.25) is 4.90 Å². The first-order valence-corrected chi connectivity index (χ1v) is 11.8. The van der Waals surface area contributed by atoms with Crippen LogP contribution in [-0.4, -0.2) is 47.1 Å². The zero-order valence-corrected chi connectivity index (χ0v) is 19.1. The van der Waals surface area contributed by atoms with Crippen LogP contribution in [0.3, 0.4) is 0 Å². The number of piperazine rings is 1. The number of nitrogens with one attached hydrogen (secondary N) is 1. The highest BCUT2D eigenvalue weighted by Crippen LogP contribution is 2.39. The van der Waals surface area contributed by atoms with Gasteiger partial charge in [-0.25, -0.2) is 9.97 Å². The van der Waals surface area contributed by atoms with Gasteiger partial charge in [0.2, 0.25) is 0 Å². The second kappa shape index (κ2) is 8.16. The number of likely N-dealkylation sites (N-methyl/N-ethyl adjacent to an activating group) is 1.